The van der Waals surface area contributed by atoms with Crippen molar-refractivity contribution in [3.8, 4) is 0 Å². The molecule has 4 rings (SSSR count). The number of nitrogens with zero attached hydrogens (tertiary/aromatic N) is 2. The molecule has 0 aliphatic carbocycles. The van der Waals surface area contributed by atoms with E-state index in [-0.39, 0.29) is 18.2 Å². The van der Waals surface area contributed by atoms with E-state index in [4.69, 9.17) is 10.5 Å². The Balaban J connectivity index is 1.67. The number of ether oxygens (including phenoxy) is 1. The van der Waals surface area contributed by atoms with Crippen LogP contribution in [-0.2, 0) is 10.3 Å². The average molecular weight is 390 g/mol. The minimum atomic E-state index is -0.895. The summed E-state index contributed by atoms with van der Waals surface area (Å²) in [6.07, 6.45) is 0.960. The number of nitrogens with one attached hydrogen (secondary N) is 1. The van der Waals surface area contributed by atoms with E-state index in [1.807, 2.05) is 0 Å². The average Bonchev–Trinajstić information content (AvgIpc) is 3.07. The predicted molar refractivity (Wildman–Crippen MR) is 98.6 cm³/mol. The van der Waals surface area contributed by atoms with Gasteiger partial charge < -0.3 is 15.8 Å². The Labute approximate surface area is 158 Å². The van der Waals surface area contributed by atoms with Crippen molar-refractivity contribution < 1.29 is 18.3 Å². The quantitative estimate of drug-likeness (QED) is 0.841. The Morgan fingerprint density at radius 2 is 2.19 bits per heavy atom. The van der Waals surface area contributed by atoms with Crippen LogP contribution in [0.15, 0.2) is 41.5 Å². The summed E-state index contributed by atoms with van der Waals surface area (Å²) >= 11 is 1.42. The molecule has 3 heterocycles. The van der Waals surface area contributed by atoms with E-state index in [1.165, 1.54) is 30.0 Å². The lowest BCUT2D eigenvalue weighted by atomic mass is 9.81. The van der Waals surface area contributed by atoms with Gasteiger partial charge in [-0.05, 0) is 30.3 Å². The van der Waals surface area contributed by atoms with Crippen molar-refractivity contribution in [3.05, 3.63) is 59.4 Å². The highest BCUT2D eigenvalue weighted by molar-refractivity contribution is 8.13. The van der Waals surface area contributed by atoms with Gasteiger partial charge in [-0.15, -0.1) is 0 Å². The number of nitrogens with two attached hydrogens (primary N) is 1. The van der Waals surface area contributed by atoms with Crippen LogP contribution in [0.1, 0.15) is 16.1 Å². The third-order valence-corrected chi connectivity index (χ3v) is 5.67. The Hall–Kier alpha value is -2.52. The maximum atomic E-state index is 14.7. The molecule has 1 aromatic carbocycles. The van der Waals surface area contributed by atoms with Gasteiger partial charge in [0.2, 0.25) is 0 Å². The molecule has 0 unspecified atom stereocenters. The van der Waals surface area contributed by atoms with Crippen molar-refractivity contribution in [2.24, 2.45) is 16.6 Å². The van der Waals surface area contributed by atoms with Gasteiger partial charge in [0, 0.05) is 22.9 Å². The number of amides is 1. The zero-order chi connectivity index (χ0) is 19.0. The van der Waals surface area contributed by atoms with Gasteiger partial charge in [0.25, 0.3) is 5.91 Å². The van der Waals surface area contributed by atoms with Crippen LogP contribution in [0, 0.1) is 17.6 Å². The Kier molecular flexibility index (Phi) is 4.56. The number of anilines is 1. The van der Waals surface area contributed by atoms with Gasteiger partial charge >= 0.3 is 0 Å². The Bertz CT molecular complexity index is 922. The van der Waals surface area contributed by atoms with E-state index in [1.54, 1.807) is 6.07 Å². The van der Waals surface area contributed by atoms with E-state index in [0.717, 1.165) is 12.3 Å². The van der Waals surface area contributed by atoms with E-state index in [2.05, 4.69) is 15.3 Å². The van der Waals surface area contributed by atoms with Gasteiger partial charge in [-0.1, -0.05) is 11.8 Å². The van der Waals surface area contributed by atoms with Gasteiger partial charge in [0.05, 0.1) is 19.4 Å². The van der Waals surface area contributed by atoms with Gasteiger partial charge in [-0.25, -0.2) is 18.8 Å². The van der Waals surface area contributed by atoms with Crippen LogP contribution >= 0.6 is 11.8 Å². The van der Waals surface area contributed by atoms with E-state index >= 15 is 0 Å². The summed E-state index contributed by atoms with van der Waals surface area (Å²) in [7, 11) is 0. The van der Waals surface area contributed by atoms with Crippen LogP contribution in [0.2, 0.25) is 0 Å². The standard InChI is InChI=1S/C18H16F2N4O2S/c19-11-1-4-15(22-6-11)16(25)23-12-2-3-14(20)13(5-12)18-9-26-7-10(18)8-27-17(21)24-18/h1-6,10H,7-9H2,(H2,21,24)(H,23,25)/t10-,18-/m1/s1. The first-order valence-electron chi connectivity index (χ1n) is 8.27. The second-order valence-corrected chi connectivity index (χ2v) is 7.45. The zero-order valence-corrected chi connectivity index (χ0v) is 14.9. The fraction of sp³-hybridized carbons (Fsp3) is 0.278. The van der Waals surface area contributed by atoms with E-state index < -0.39 is 23.1 Å². The number of pyridine rings is 1. The maximum absolute atomic E-state index is 14.7. The first-order valence-corrected chi connectivity index (χ1v) is 9.25. The molecule has 9 heteroatoms. The molecule has 2 aliphatic rings. The van der Waals surface area contributed by atoms with Crippen LogP contribution in [0.5, 0.6) is 0 Å². The lowest BCUT2D eigenvalue weighted by Gasteiger charge is -2.34. The highest BCUT2D eigenvalue weighted by Crippen LogP contribution is 2.45. The van der Waals surface area contributed by atoms with Crippen molar-refractivity contribution in [3.63, 3.8) is 0 Å². The van der Waals surface area contributed by atoms with E-state index in [9.17, 15) is 13.6 Å². The smallest absolute Gasteiger partial charge is 0.274 e. The van der Waals surface area contributed by atoms with Gasteiger partial charge in [0.15, 0.2) is 5.17 Å². The third kappa shape index (κ3) is 3.28. The van der Waals surface area contributed by atoms with Crippen LogP contribution in [0.25, 0.3) is 0 Å². The lowest BCUT2D eigenvalue weighted by Crippen LogP contribution is -2.40. The molecule has 140 valence electrons. The molecule has 3 N–H and O–H groups in total. The normalized spacial score (nSPS) is 24.2. The van der Waals surface area contributed by atoms with Crippen molar-refractivity contribution in [2.75, 3.05) is 24.3 Å². The third-order valence-electron chi connectivity index (χ3n) is 4.71. The molecule has 1 aromatic heterocycles. The second kappa shape index (κ2) is 6.90. The Morgan fingerprint density at radius 1 is 1.33 bits per heavy atom. The molecule has 2 aromatic rings. The lowest BCUT2D eigenvalue weighted by molar-refractivity contribution is 0.102. The monoisotopic (exact) mass is 390 g/mol. The van der Waals surface area contributed by atoms with Gasteiger partial charge in [-0.3, -0.25) is 4.79 Å². The number of halogens is 2. The number of carbonyl (C=O) groups excluding carboxylic acids is 1. The van der Waals surface area contributed by atoms with Crippen molar-refractivity contribution >= 4 is 28.5 Å². The number of fused-ring (bicyclic) bond motifs is 1. The molecule has 1 fully saturated rings. The molecule has 0 spiro atoms. The fourth-order valence-electron chi connectivity index (χ4n) is 3.33. The number of amidine groups is 1. The number of hydrogen-bond donors (Lipinski definition) is 2. The number of aliphatic imine (C=N–C) groups is 1. The highest BCUT2D eigenvalue weighted by Gasteiger charge is 2.49. The van der Waals surface area contributed by atoms with Crippen molar-refractivity contribution in [2.45, 2.75) is 5.54 Å². The topological polar surface area (TPSA) is 89.6 Å². The minimum absolute atomic E-state index is 0.00554. The molecule has 2 atom stereocenters. The number of carbonyl (C=O) groups is 1. The summed E-state index contributed by atoms with van der Waals surface area (Å²) in [6.45, 7) is 0.700. The first kappa shape index (κ1) is 17.9. The second-order valence-electron chi connectivity index (χ2n) is 6.41. The van der Waals surface area contributed by atoms with Gasteiger partial charge in [-0.2, -0.15) is 0 Å². The summed E-state index contributed by atoms with van der Waals surface area (Å²) < 4.78 is 33.2. The molecule has 6 nitrogen and oxygen atoms in total. The number of benzene rings is 1. The minimum Gasteiger partial charge on any atom is -0.379 e. The van der Waals surface area contributed by atoms with Crippen LogP contribution in [-0.4, -0.2) is 35.0 Å². The largest absolute Gasteiger partial charge is 0.379 e. The molecule has 1 saturated heterocycles. The van der Waals surface area contributed by atoms with Crippen molar-refractivity contribution in [1.29, 1.82) is 0 Å². The molecule has 1 amide bonds. The van der Waals surface area contributed by atoms with Crippen LogP contribution < -0.4 is 11.1 Å². The molecule has 0 radical (unpaired) electrons. The van der Waals surface area contributed by atoms with E-state index in [0.29, 0.717) is 28.8 Å². The summed E-state index contributed by atoms with van der Waals surface area (Å²) in [5.41, 5.74) is 5.77. The molecular formula is C18H16F2N4O2S. The molecule has 27 heavy (non-hydrogen) atoms. The summed E-state index contributed by atoms with van der Waals surface area (Å²) in [6, 6.07) is 6.70. The van der Waals surface area contributed by atoms with Crippen LogP contribution in [0.4, 0.5) is 14.5 Å². The number of rotatable bonds is 3. The summed E-state index contributed by atoms with van der Waals surface area (Å²) in [5, 5.41) is 3.05. The predicted octanol–water partition coefficient (Wildman–Crippen LogP) is 2.52. The maximum Gasteiger partial charge on any atom is 0.274 e. The summed E-state index contributed by atoms with van der Waals surface area (Å²) in [4.78, 5) is 20.6. The molecule has 0 bridgehead atoms. The molecular weight excluding hydrogens is 374 g/mol. The zero-order valence-electron chi connectivity index (χ0n) is 14.1. The number of thioether (sulfide) groups is 1. The highest BCUT2D eigenvalue weighted by atomic mass is 32.2. The fourth-order valence-corrected chi connectivity index (χ4v) is 4.31. The number of aromatic nitrogens is 1. The molecule has 0 saturated carbocycles. The van der Waals surface area contributed by atoms with Gasteiger partial charge in [0.1, 0.15) is 22.9 Å². The summed E-state index contributed by atoms with van der Waals surface area (Å²) in [5.74, 6) is -0.815. The molecule has 2 aliphatic heterocycles. The van der Waals surface area contributed by atoms with Crippen LogP contribution in [0.3, 0.4) is 0 Å². The first-order chi connectivity index (χ1) is 13.0. The Morgan fingerprint density at radius 3 is 2.96 bits per heavy atom. The SMILES string of the molecule is NC1=N[C@]2(c3cc(NC(=O)c4ccc(F)cn4)ccc3F)COC[C@@H]2CS1. The van der Waals surface area contributed by atoms with Crippen molar-refractivity contribution in [1.82, 2.24) is 4.98 Å². The number of hydrogen-bond acceptors (Lipinski definition) is 6.